The van der Waals surface area contributed by atoms with Gasteiger partial charge in [-0.2, -0.15) is 0 Å². The number of likely N-dealkylation sites (tertiary alicyclic amines) is 1. The van der Waals surface area contributed by atoms with Gasteiger partial charge in [-0.1, -0.05) is 85.6 Å². The quantitative estimate of drug-likeness (QED) is 0.163. The first-order chi connectivity index (χ1) is 19.7. The summed E-state index contributed by atoms with van der Waals surface area (Å²) >= 11 is 1.58. The van der Waals surface area contributed by atoms with E-state index in [0.29, 0.717) is 6.42 Å². The Bertz CT molecular complexity index is 1370. The lowest BCUT2D eigenvalue weighted by molar-refractivity contribution is -0.125. The summed E-state index contributed by atoms with van der Waals surface area (Å²) in [5.74, 6) is -0.169. The molecule has 5 rings (SSSR count). The van der Waals surface area contributed by atoms with Crippen molar-refractivity contribution in [1.29, 1.82) is 0 Å². The molecule has 3 atom stereocenters. The molecule has 1 aliphatic carbocycles. The fourth-order valence-electron chi connectivity index (χ4n) is 6.29. The average molecular weight is 610 g/mol. The molecule has 2 aliphatic rings. The van der Waals surface area contributed by atoms with Crippen LogP contribution in [0.5, 0.6) is 0 Å². The van der Waals surface area contributed by atoms with Crippen LogP contribution in [0.3, 0.4) is 0 Å². The summed E-state index contributed by atoms with van der Waals surface area (Å²) in [6.45, 7) is 2.56. The molecule has 1 aliphatic heterocycles. The van der Waals surface area contributed by atoms with E-state index in [9.17, 15) is 14.0 Å². The number of hydrogen-bond donors (Lipinski definition) is 2. The van der Waals surface area contributed by atoms with Crippen molar-refractivity contribution >= 4 is 42.1 Å². The van der Waals surface area contributed by atoms with Crippen LogP contribution < -0.4 is 10.6 Å². The summed E-state index contributed by atoms with van der Waals surface area (Å²) in [6.07, 6.45) is 5.32. The van der Waals surface area contributed by atoms with E-state index >= 15 is 0 Å². The van der Waals surface area contributed by atoms with Crippen molar-refractivity contribution in [3.8, 4) is 11.1 Å². The molecule has 5 nitrogen and oxygen atoms in total. The van der Waals surface area contributed by atoms with Crippen LogP contribution in [0.2, 0.25) is 0 Å². The molecule has 3 aromatic carbocycles. The van der Waals surface area contributed by atoms with Gasteiger partial charge in [0, 0.05) is 24.0 Å². The van der Waals surface area contributed by atoms with E-state index in [1.807, 2.05) is 66.9 Å². The smallest absolute Gasteiger partial charge is 0.252 e. The van der Waals surface area contributed by atoms with Crippen LogP contribution in [0.15, 0.2) is 77.7 Å². The standard InChI is InChI=1S/C32H38FN3O2P2S/c1-41-28-15-7-4-12-25(28)29(37)35-22-16-19-36(20-22)18-9-8-17-31(30(38)34-21-32(33,39)40)26-13-5-2-10-23(26)24-11-3-6-14-27(24)31/h2-7,10-15,22H,8-9,16-21,39-40H2,1H3,(H,34,38)(H,35,37). The summed E-state index contributed by atoms with van der Waals surface area (Å²) in [7, 11) is 4.27. The highest BCUT2D eigenvalue weighted by molar-refractivity contribution is 7.98. The highest BCUT2D eigenvalue weighted by Gasteiger charge is 2.48. The van der Waals surface area contributed by atoms with Gasteiger partial charge in [0.1, 0.15) is 5.41 Å². The van der Waals surface area contributed by atoms with Gasteiger partial charge in [-0.25, -0.2) is 4.39 Å². The summed E-state index contributed by atoms with van der Waals surface area (Å²) in [5, 5.41) is 4.47. The first kappa shape index (κ1) is 30.2. The Hall–Kier alpha value is -2.30. The number of nitrogens with one attached hydrogen (secondary N) is 2. The third kappa shape index (κ3) is 6.54. The zero-order valence-electron chi connectivity index (χ0n) is 23.4. The number of nitrogens with zero attached hydrogens (tertiary/aromatic N) is 1. The first-order valence-corrected chi connectivity index (χ1v) is 16.5. The molecule has 0 aromatic heterocycles. The van der Waals surface area contributed by atoms with Crippen molar-refractivity contribution in [2.75, 3.05) is 32.4 Å². The monoisotopic (exact) mass is 609 g/mol. The lowest BCUT2D eigenvalue weighted by Gasteiger charge is -2.32. The van der Waals surface area contributed by atoms with E-state index in [-0.39, 0.29) is 24.4 Å². The molecule has 0 saturated carbocycles. The molecule has 9 heteroatoms. The molecule has 2 N–H and O–H groups in total. The van der Waals surface area contributed by atoms with Crippen LogP contribution in [0.25, 0.3) is 11.1 Å². The van der Waals surface area contributed by atoms with Gasteiger partial charge in [0.15, 0.2) is 5.15 Å². The van der Waals surface area contributed by atoms with Crippen molar-refractivity contribution in [2.24, 2.45) is 0 Å². The molecule has 2 amide bonds. The van der Waals surface area contributed by atoms with Crippen molar-refractivity contribution < 1.29 is 14.0 Å². The molecule has 1 fully saturated rings. The molecule has 3 aromatic rings. The second-order valence-corrected chi connectivity index (χ2v) is 14.5. The summed E-state index contributed by atoms with van der Waals surface area (Å²) in [6, 6.07) is 24.0. The third-order valence-corrected chi connectivity index (χ3v) is 9.41. The maximum absolute atomic E-state index is 14.4. The highest BCUT2D eigenvalue weighted by Crippen LogP contribution is 2.51. The van der Waals surface area contributed by atoms with Crippen molar-refractivity contribution in [3.63, 3.8) is 0 Å². The number of alkyl halides is 1. The normalized spacial score (nSPS) is 17.6. The van der Waals surface area contributed by atoms with Crippen LogP contribution in [-0.4, -0.2) is 60.3 Å². The zero-order chi connectivity index (χ0) is 29.0. The van der Waals surface area contributed by atoms with E-state index < -0.39 is 10.6 Å². The summed E-state index contributed by atoms with van der Waals surface area (Å²) in [5.41, 5.74) is 3.99. The molecule has 0 radical (unpaired) electrons. The van der Waals surface area contributed by atoms with Crippen LogP contribution in [0.1, 0.15) is 47.2 Å². The topological polar surface area (TPSA) is 61.4 Å². The number of fused-ring (bicyclic) bond motifs is 3. The average Bonchev–Trinajstić information content (AvgIpc) is 3.54. The van der Waals surface area contributed by atoms with Crippen LogP contribution in [0.4, 0.5) is 4.39 Å². The molecular weight excluding hydrogens is 571 g/mol. The Balaban J connectivity index is 1.24. The van der Waals surface area contributed by atoms with Gasteiger partial charge in [0.2, 0.25) is 5.91 Å². The molecule has 41 heavy (non-hydrogen) atoms. The van der Waals surface area contributed by atoms with E-state index in [1.54, 1.807) is 11.8 Å². The number of hydrogen-bond acceptors (Lipinski definition) is 4. The maximum Gasteiger partial charge on any atom is 0.252 e. The number of carbonyl (C=O) groups is 2. The zero-order valence-corrected chi connectivity index (χ0v) is 26.5. The van der Waals surface area contributed by atoms with E-state index in [1.165, 1.54) is 0 Å². The lowest BCUT2D eigenvalue weighted by Crippen LogP contribution is -2.46. The molecular formula is C32H38FN3O2P2S. The predicted octanol–water partition coefficient (Wildman–Crippen LogP) is 5.84. The summed E-state index contributed by atoms with van der Waals surface area (Å²) in [4.78, 5) is 30.2. The van der Waals surface area contributed by atoms with Gasteiger partial charge >= 0.3 is 0 Å². The molecule has 216 valence electrons. The van der Waals surface area contributed by atoms with Gasteiger partial charge in [-0.15, -0.1) is 11.8 Å². The fourth-order valence-corrected chi connectivity index (χ4v) is 7.09. The largest absolute Gasteiger partial charge is 0.351 e. The highest BCUT2D eigenvalue weighted by atomic mass is 32.2. The van der Waals surface area contributed by atoms with E-state index in [2.05, 4.69) is 46.1 Å². The molecule has 1 heterocycles. The molecule has 0 spiro atoms. The van der Waals surface area contributed by atoms with Crippen LogP contribution in [0, 0.1) is 0 Å². The minimum atomic E-state index is -1.66. The number of unbranched alkanes of at least 4 members (excludes halogenated alkanes) is 1. The molecule has 1 saturated heterocycles. The third-order valence-electron chi connectivity index (χ3n) is 8.21. The van der Waals surface area contributed by atoms with Crippen molar-refractivity contribution in [2.45, 2.75) is 47.2 Å². The number of rotatable bonds is 11. The maximum atomic E-state index is 14.4. The summed E-state index contributed by atoms with van der Waals surface area (Å²) < 4.78 is 14.4. The Morgan fingerprint density at radius 3 is 2.29 bits per heavy atom. The number of thioether (sulfide) groups is 1. The van der Waals surface area contributed by atoms with Crippen LogP contribution in [-0.2, 0) is 10.2 Å². The fraction of sp³-hybridized carbons (Fsp3) is 0.375. The number of halogens is 1. The van der Waals surface area contributed by atoms with Crippen molar-refractivity contribution in [1.82, 2.24) is 15.5 Å². The Kier molecular flexibility index (Phi) is 9.50. The van der Waals surface area contributed by atoms with Crippen molar-refractivity contribution in [3.05, 3.63) is 89.5 Å². The molecule has 0 bridgehead atoms. The second-order valence-electron chi connectivity index (χ2n) is 11.0. The second kappa shape index (κ2) is 12.9. The number of benzene rings is 3. The first-order valence-electron chi connectivity index (χ1n) is 14.1. The SMILES string of the molecule is CSc1ccccc1C(=O)NC1CCN(CCCCC2(C(=O)NCC(F)(P)P)c3ccccc3-c3ccccc32)C1. The minimum Gasteiger partial charge on any atom is -0.351 e. The lowest BCUT2D eigenvalue weighted by atomic mass is 9.73. The Morgan fingerprint density at radius 1 is 1.00 bits per heavy atom. The van der Waals surface area contributed by atoms with Gasteiger partial charge < -0.3 is 15.5 Å². The number of amides is 2. The minimum absolute atomic E-state index is 0.0124. The van der Waals surface area contributed by atoms with Gasteiger partial charge in [0.25, 0.3) is 5.91 Å². The Morgan fingerprint density at radius 2 is 1.63 bits per heavy atom. The van der Waals surface area contributed by atoms with Gasteiger partial charge in [0.05, 0.1) is 12.1 Å². The predicted molar refractivity (Wildman–Crippen MR) is 173 cm³/mol. The van der Waals surface area contributed by atoms with E-state index in [0.717, 1.165) is 71.6 Å². The Labute approximate surface area is 251 Å². The molecule has 3 unspecified atom stereocenters. The van der Waals surface area contributed by atoms with E-state index in [4.69, 9.17) is 0 Å². The van der Waals surface area contributed by atoms with Gasteiger partial charge in [-0.05, 0) is 66.4 Å². The van der Waals surface area contributed by atoms with Crippen LogP contribution >= 0.6 is 30.2 Å². The van der Waals surface area contributed by atoms with Gasteiger partial charge in [-0.3, -0.25) is 9.59 Å². The number of carbonyl (C=O) groups excluding carboxylic acids is 2.